The van der Waals surface area contributed by atoms with Crippen LogP contribution in [0.5, 0.6) is 11.6 Å². The van der Waals surface area contributed by atoms with Crippen LogP contribution in [0.1, 0.15) is 20.9 Å². The van der Waals surface area contributed by atoms with E-state index < -0.39 is 0 Å². The maximum absolute atomic E-state index is 12.9. The van der Waals surface area contributed by atoms with Crippen molar-refractivity contribution >= 4 is 17.2 Å². The summed E-state index contributed by atoms with van der Waals surface area (Å²) >= 11 is 1.25. The molecule has 0 aliphatic heterocycles. The summed E-state index contributed by atoms with van der Waals surface area (Å²) in [6.07, 6.45) is 4.88. The van der Waals surface area contributed by atoms with E-state index in [2.05, 4.69) is 25.3 Å². The molecule has 0 unspecified atom stereocenters. The van der Waals surface area contributed by atoms with Crippen LogP contribution in [0.15, 0.2) is 61.1 Å². The topological polar surface area (TPSA) is 89.9 Å². The molecule has 0 radical (unpaired) electrons. The predicted octanol–water partition coefficient (Wildman–Crippen LogP) is 4.16. The van der Waals surface area contributed by atoms with Gasteiger partial charge in [0.05, 0.1) is 5.69 Å². The highest BCUT2D eigenvalue weighted by atomic mass is 32.1. The number of rotatable bonds is 6. The number of carbonyl (C=O) groups is 1. The van der Waals surface area contributed by atoms with Crippen LogP contribution in [0.3, 0.4) is 0 Å². The lowest BCUT2D eigenvalue weighted by Gasteiger charge is -2.07. The average Bonchev–Trinajstić information content (AvgIpc) is 3.17. The first kappa shape index (κ1) is 19.6. The largest absolute Gasteiger partial charge is 0.439 e. The fourth-order valence-corrected chi connectivity index (χ4v) is 3.50. The first-order valence-electron chi connectivity index (χ1n) is 9.00. The highest BCUT2D eigenvalue weighted by molar-refractivity contribution is 7.17. The molecule has 0 saturated heterocycles. The molecule has 0 atom stereocenters. The molecule has 0 aliphatic rings. The molecule has 0 spiro atoms. The Labute approximate surface area is 175 Å². The van der Waals surface area contributed by atoms with Crippen LogP contribution in [0.25, 0.3) is 10.8 Å². The third kappa shape index (κ3) is 4.64. The molecular formula is C21H16FN5O2S. The maximum atomic E-state index is 12.9. The molecule has 7 nitrogen and oxygen atoms in total. The minimum Gasteiger partial charge on any atom is -0.439 e. The van der Waals surface area contributed by atoms with E-state index in [1.807, 2.05) is 0 Å². The maximum Gasteiger partial charge on any atom is 0.263 e. The van der Waals surface area contributed by atoms with Crippen molar-refractivity contribution < 1.29 is 13.9 Å². The number of nitrogens with one attached hydrogen (secondary N) is 1. The van der Waals surface area contributed by atoms with Crippen molar-refractivity contribution in [1.29, 1.82) is 0 Å². The van der Waals surface area contributed by atoms with E-state index in [1.165, 1.54) is 35.6 Å². The van der Waals surface area contributed by atoms with Crippen molar-refractivity contribution in [2.75, 3.05) is 0 Å². The third-order valence-electron chi connectivity index (χ3n) is 4.05. The Balaban J connectivity index is 1.37. The Morgan fingerprint density at radius 1 is 1.10 bits per heavy atom. The van der Waals surface area contributed by atoms with Crippen molar-refractivity contribution in [1.82, 2.24) is 25.3 Å². The van der Waals surface area contributed by atoms with Gasteiger partial charge in [0.15, 0.2) is 10.8 Å². The fourth-order valence-electron chi connectivity index (χ4n) is 2.57. The summed E-state index contributed by atoms with van der Waals surface area (Å²) < 4.78 is 18.5. The van der Waals surface area contributed by atoms with Gasteiger partial charge in [0.1, 0.15) is 16.4 Å². The van der Waals surface area contributed by atoms with Gasteiger partial charge in [-0.3, -0.25) is 4.79 Å². The van der Waals surface area contributed by atoms with Gasteiger partial charge >= 0.3 is 0 Å². The lowest BCUT2D eigenvalue weighted by Crippen LogP contribution is -2.22. The van der Waals surface area contributed by atoms with Gasteiger partial charge in [-0.25, -0.2) is 24.3 Å². The number of nitrogens with zero attached hydrogens (tertiary/aromatic N) is 4. The van der Waals surface area contributed by atoms with Gasteiger partial charge in [0.2, 0.25) is 5.88 Å². The fraction of sp³-hybridized carbons (Fsp3) is 0.0952. The number of ether oxygens (including phenoxy) is 1. The Hall–Kier alpha value is -3.72. The molecule has 0 saturated carbocycles. The lowest BCUT2D eigenvalue weighted by atomic mass is 10.2. The molecular weight excluding hydrogens is 405 g/mol. The second kappa shape index (κ2) is 8.75. The SMILES string of the molecule is Cc1nc(-c2ncccn2)sc1C(=O)NCc1ccc(Oc2ccc(F)cc2)nc1. The van der Waals surface area contributed by atoms with E-state index in [0.717, 1.165) is 5.56 Å². The number of amides is 1. The van der Waals surface area contributed by atoms with Crippen LogP contribution < -0.4 is 10.1 Å². The Kier molecular flexibility index (Phi) is 5.71. The Bertz CT molecular complexity index is 1150. The van der Waals surface area contributed by atoms with Crippen molar-refractivity contribution in [2.24, 2.45) is 0 Å². The Morgan fingerprint density at radius 2 is 1.87 bits per heavy atom. The molecule has 30 heavy (non-hydrogen) atoms. The van der Waals surface area contributed by atoms with Crippen LogP contribution in [0.4, 0.5) is 4.39 Å². The minimum absolute atomic E-state index is 0.223. The summed E-state index contributed by atoms with van der Waals surface area (Å²) in [6, 6.07) is 10.9. The van der Waals surface area contributed by atoms with Gasteiger partial charge in [-0.1, -0.05) is 6.07 Å². The lowest BCUT2D eigenvalue weighted by molar-refractivity contribution is 0.0954. The molecule has 9 heteroatoms. The zero-order valence-corrected chi connectivity index (χ0v) is 16.7. The molecule has 1 aromatic carbocycles. The molecule has 0 bridgehead atoms. The molecule has 4 aromatic rings. The summed E-state index contributed by atoms with van der Waals surface area (Å²) in [4.78, 5) is 30.0. The third-order valence-corrected chi connectivity index (χ3v) is 5.20. The summed E-state index contributed by atoms with van der Waals surface area (Å²) in [5.41, 5.74) is 1.43. The molecule has 1 amide bonds. The van der Waals surface area contributed by atoms with Gasteiger partial charge in [-0.15, -0.1) is 11.3 Å². The second-order valence-electron chi connectivity index (χ2n) is 6.25. The van der Waals surface area contributed by atoms with Crippen LogP contribution >= 0.6 is 11.3 Å². The van der Waals surface area contributed by atoms with E-state index in [-0.39, 0.29) is 11.7 Å². The highest BCUT2D eigenvalue weighted by Gasteiger charge is 2.17. The number of carbonyl (C=O) groups excluding carboxylic acids is 1. The van der Waals surface area contributed by atoms with Crippen LogP contribution in [0.2, 0.25) is 0 Å². The van der Waals surface area contributed by atoms with Gasteiger partial charge in [-0.05, 0) is 42.8 Å². The van der Waals surface area contributed by atoms with E-state index in [0.29, 0.717) is 39.6 Å². The molecule has 150 valence electrons. The number of thiazole rings is 1. The van der Waals surface area contributed by atoms with Crippen molar-refractivity contribution in [3.05, 3.63) is 83.0 Å². The molecule has 3 aromatic heterocycles. The van der Waals surface area contributed by atoms with Gasteiger partial charge in [-0.2, -0.15) is 0 Å². The number of aromatic nitrogens is 4. The summed E-state index contributed by atoms with van der Waals surface area (Å²) in [6.45, 7) is 2.08. The van der Waals surface area contributed by atoms with Gasteiger partial charge in [0.25, 0.3) is 5.91 Å². The number of halogens is 1. The quantitative estimate of drug-likeness (QED) is 0.503. The summed E-state index contributed by atoms with van der Waals surface area (Å²) in [5.74, 6) is 0.803. The van der Waals surface area contributed by atoms with E-state index >= 15 is 0 Å². The number of benzene rings is 1. The number of aryl methyl sites for hydroxylation is 1. The van der Waals surface area contributed by atoms with Crippen LogP contribution in [-0.2, 0) is 6.54 Å². The summed E-state index contributed by atoms with van der Waals surface area (Å²) in [5, 5.41) is 3.46. The molecule has 1 N–H and O–H groups in total. The minimum atomic E-state index is -0.332. The summed E-state index contributed by atoms with van der Waals surface area (Å²) in [7, 11) is 0. The van der Waals surface area contributed by atoms with E-state index in [1.54, 1.807) is 43.7 Å². The first-order valence-corrected chi connectivity index (χ1v) is 9.81. The molecule has 0 aliphatic carbocycles. The highest BCUT2D eigenvalue weighted by Crippen LogP contribution is 2.25. The van der Waals surface area contributed by atoms with E-state index in [4.69, 9.17) is 4.74 Å². The van der Waals surface area contributed by atoms with Crippen LogP contribution in [0, 0.1) is 12.7 Å². The zero-order chi connectivity index (χ0) is 20.9. The number of hydrogen-bond donors (Lipinski definition) is 1. The van der Waals surface area contributed by atoms with Gasteiger partial charge in [0, 0.05) is 31.2 Å². The van der Waals surface area contributed by atoms with Crippen molar-refractivity contribution in [3.63, 3.8) is 0 Å². The van der Waals surface area contributed by atoms with E-state index in [9.17, 15) is 9.18 Å². The number of hydrogen-bond acceptors (Lipinski definition) is 7. The van der Waals surface area contributed by atoms with Crippen molar-refractivity contribution in [2.45, 2.75) is 13.5 Å². The van der Waals surface area contributed by atoms with Crippen molar-refractivity contribution in [3.8, 4) is 22.5 Å². The molecule has 3 heterocycles. The first-order chi connectivity index (χ1) is 14.6. The second-order valence-corrected chi connectivity index (χ2v) is 7.25. The average molecular weight is 421 g/mol. The normalized spacial score (nSPS) is 10.6. The van der Waals surface area contributed by atoms with Crippen LogP contribution in [-0.4, -0.2) is 25.8 Å². The monoisotopic (exact) mass is 421 g/mol. The standard InChI is InChI=1S/C21H16FN5O2S/c1-13-18(30-21(27-13)19-23-9-2-10-24-19)20(28)26-12-14-3-8-17(25-11-14)29-16-6-4-15(22)5-7-16/h2-11H,12H2,1H3,(H,26,28). The Morgan fingerprint density at radius 3 is 2.57 bits per heavy atom. The van der Waals surface area contributed by atoms with Gasteiger partial charge < -0.3 is 10.1 Å². The zero-order valence-electron chi connectivity index (χ0n) is 15.9. The molecule has 0 fully saturated rings. The molecule has 4 rings (SSSR count). The predicted molar refractivity (Wildman–Crippen MR) is 110 cm³/mol. The number of pyridine rings is 1. The smallest absolute Gasteiger partial charge is 0.263 e.